The molecule has 0 aromatic heterocycles. The number of carbonyl (C=O) groups excluding carboxylic acids is 1. The number of hydrogen-bond acceptors (Lipinski definition) is 3. The van der Waals surface area contributed by atoms with E-state index in [0.29, 0.717) is 0 Å². The van der Waals surface area contributed by atoms with Crippen molar-refractivity contribution >= 4 is 11.8 Å². The summed E-state index contributed by atoms with van der Waals surface area (Å²) < 4.78 is 4.93. The van der Waals surface area contributed by atoms with Gasteiger partial charge < -0.3 is 9.84 Å². The third kappa shape index (κ3) is 1.77. The van der Waals surface area contributed by atoms with E-state index in [2.05, 4.69) is 0 Å². The lowest BCUT2D eigenvalue weighted by Crippen LogP contribution is -2.37. The quantitative estimate of drug-likeness (QED) is 0.586. The molecular formula is C7H10O4. The van der Waals surface area contributed by atoms with E-state index in [0.717, 1.165) is 0 Å². The van der Waals surface area contributed by atoms with Gasteiger partial charge in [0.1, 0.15) is 6.61 Å². The van der Waals surface area contributed by atoms with Crippen LogP contribution in [0, 0.1) is 5.92 Å². The molecule has 1 fully saturated rings. The molecule has 11 heavy (non-hydrogen) atoms. The van der Waals surface area contributed by atoms with E-state index in [1.165, 1.54) is 0 Å². The maximum absolute atomic E-state index is 10.7. The number of ketones is 1. The SMILES string of the molecule is CC1OCC(=O)CC1C(=O)O. The van der Waals surface area contributed by atoms with Gasteiger partial charge in [-0.3, -0.25) is 9.59 Å². The van der Waals surface area contributed by atoms with E-state index in [1.54, 1.807) is 6.92 Å². The lowest BCUT2D eigenvalue weighted by Gasteiger charge is -2.24. The highest BCUT2D eigenvalue weighted by molar-refractivity contribution is 5.86. The lowest BCUT2D eigenvalue weighted by atomic mass is 9.95. The molecule has 0 aromatic rings. The van der Waals surface area contributed by atoms with Gasteiger partial charge >= 0.3 is 5.97 Å². The van der Waals surface area contributed by atoms with E-state index in [1.807, 2.05) is 0 Å². The molecule has 0 amide bonds. The van der Waals surface area contributed by atoms with E-state index >= 15 is 0 Å². The van der Waals surface area contributed by atoms with Crippen LogP contribution in [0.2, 0.25) is 0 Å². The Bertz CT molecular complexity index is 187. The summed E-state index contributed by atoms with van der Waals surface area (Å²) in [7, 11) is 0. The van der Waals surface area contributed by atoms with Crippen LogP contribution in [0.5, 0.6) is 0 Å². The average molecular weight is 158 g/mol. The summed E-state index contributed by atoms with van der Waals surface area (Å²) in [5, 5.41) is 8.59. The molecule has 4 nitrogen and oxygen atoms in total. The van der Waals surface area contributed by atoms with Crippen LogP contribution in [0.1, 0.15) is 13.3 Å². The molecule has 0 aliphatic carbocycles. The average Bonchev–Trinajstić information content (AvgIpc) is 1.94. The summed E-state index contributed by atoms with van der Waals surface area (Å²) in [4.78, 5) is 21.2. The van der Waals surface area contributed by atoms with E-state index in [4.69, 9.17) is 9.84 Å². The largest absolute Gasteiger partial charge is 0.481 e. The zero-order chi connectivity index (χ0) is 8.43. The van der Waals surface area contributed by atoms with Crippen molar-refractivity contribution in [1.82, 2.24) is 0 Å². The Morgan fingerprint density at radius 1 is 1.73 bits per heavy atom. The second kappa shape index (κ2) is 3.00. The highest BCUT2D eigenvalue weighted by Gasteiger charge is 2.32. The minimum atomic E-state index is -0.953. The molecule has 1 N–H and O–H groups in total. The molecule has 0 aromatic carbocycles. The number of aliphatic carboxylic acids is 1. The molecule has 0 bridgehead atoms. The monoisotopic (exact) mass is 158 g/mol. The Morgan fingerprint density at radius 2 is 2.36 bits per heavy atom. The fraction of sp³-hybridized carbons (Fsp3) is 0.714. The second-order valence-electron chi connectivity index (χ2n) is 2.70. The van der Waals surface area contributed by atoms with Crippen LogP contribution in [0.3, 0.4) is 0 Å². The van der Waals surface area contributed by atoms with Crippen LogP contribution >= 0.6 is 0 Å². The molecule has 0 spiro atoms. The highest BCUT2D eigenvalue weighted by atomic mass is 16.5. The molecule has 62 valence electrons. The fourth-order valence-electron chi connectivity index (χ4n) is 1.10. The summed E-state index contributed by atoms with van der Waals surface area (Å²) in [5.74, 6) is -1.74. The molecular weight excluding hydrogens is 148 g/mol. The van der Waals surface area contributed by atoms with Crippen LogP contribution in [0.15, 0.2) is 0 Å². The third-order valence-electron chi connectivity index (χ3n) is 1.84. The number of carboxylic acid groups (broad SMARTS) is 1. The van der Waals surface area contributed by atoms with Crippen molar-refractivity contribution in [1.29, 1.82) is 0 Å². The zero-order valence-electron chi connectivity index (χ0n) is 6.24. The van der Waals surface area contributed by atoms with Crippen molar-refractivity contribution in [2.45, 2.75) is 19.4 Å². The predicted molar refractivity (Wildman–Crippen MR) is 36.2 cm³/mol. The van der Waals surface area contributed by atoms with Crippen LogP contribution in [0.25, 0.3) is 0 Å². The third-order valence-corrected chi connectivity index (χ3v) is 1.84. The van der Waals surface area contributed by atoms with Gasteiger partial charge in [-0.05, 0) is 6.92 Å². The van der Waals surface area contributed by atoms with Crippen LogP contribution in [-0.2, 0) is 14.3 Å². The van der Waals surface area contributed by atoms with Crippen molar-refractivity contribution in [3.8, 4) is 0 Å². The van der Waals surface area contributed by atoms with Gasteiger partial charge in [0.15, 0.2) is 5.78 Å². The van der Waals surface area contributed by atoms with Crippen LogP contribution in [-0.4, -0.2) is 29.6 Å². The zero-order valence-corrected chi connectivity index (χ0v) is 6.24. The topological polar surface area (TPSA) is 63.6 Å². The Hall–Kier alpha value is -0.900. The molecule has 2 unspecified atom stereocenters. The number of ether oxygens (including phenoxy) is 1. The Labute approximate surface area is 64.2 Å². The maximum atomic E-state index is 10.7. The highest BCUT2D eigenvalue weighted by Crippen LogP contribution is 2.18. The van der Waals surface area contributed by atoms with E-state index < -0.39 is 11.9 Å². The van der Waals surface area contributed by atoms with Gasteiger partial charge in [-0.15, -0.1) is 0 Å². The molecule has 1 heterocycles. The lowest BCUT2D eigenvalue weighted by molar-refractivity contribution is -0.156. The normalized spacial score (nSPS) is 31.9. The van der Waals surface area contributed by atoms with Crippen molar-refractivity contribution < 1.29 is 19.4 Å². The van der Waals surface area contributed by atoms with Gasteiger partial charge in [-0.25, -0.2) is 0 Å². The molecule has 0 saturated carbocycles. The van der Waals surface area contributed by atoms with Gasteiger partial charge in [0.25, 0.3) is 0 Å². The van der Waals surface area contributed by atoms with Crippen LogP contribution < -0.4 is 0 Å². The molecule has 1 aliphatic rings. The Balaban J connectivity index is 2.61. The summed E-state index contributed by atoms with van der Waals surface area (Å²) in [6.45, 7) is 1.73. The minimum Gasteiger partial charge on any atom is -0.481 e. The molecule has 1 rings (SSSR count). The van der Waals surface area contributed by atoms with E-state index in [9.17, 15) is 9.59 Å². The first-order chi connectivity index (χ1) is 5.11. The first-order valence-electron chi connectivity index (χ1n) is 3.47. The van der Waals surface area contributed by atoms with E-state index in [-0.39, 0.29) is 24.9 Å². The van der Waals surface area contributed by atoms with Gasteiger partial charge in [0, 0.05) is 6.42 Å². The predicted octanol–water partition coefficient (Wildman–Crippen LogP) is 0.0651. The molecule has 1 aliphatic heterocycles. The van der Waals surface area contributed by atoms with Gasteiger partial charge in [0.05, 0.1) is 12.0 Å². The van der Waals surface area contributed by atoms with Crippen molar-refractivity contribution in [3.05, 3.63) is 0 Å². The van der Waals surface area contributed by atoms with Gasteiger partial charge in [-0.1, -0.05) is 0 Å². The van der Waals surface area contributed by atoms with Crippen molar-refractivity contribution in [3.63, 3.8) is 0 Å². The smallest absolute Gasteiger partial charge is 0.309 e. The Morgan fingerprint density at radius 3 is 2.82 bits per heavy atom. The number of hydrogen-bond donors (Lipinski definition) is 1. The summed E-state index contributed by atoms with van der Waals surface area (Å²) in [6, 6.07) is 0. The molecule has 1 saturated heterocycles. The van der Waals surface area contributed by atoms with Crippen LogP contribution in [0.4, 0.5) is 0 Å². The Kier molecular flexibility index (Phi) is 2.24. The molecule has 0 radical (unpaired) electrons. The standard InChI is InChI=1S/C7H10O4/c1-4-6(7(9)10)2-5(8)3-11-4/h4,6H,2-3H2,1H3,(H,9,10). The second-order valence-corrected chi connectivity index (χ2v) is 2.70. The van der Waals surface area contributed by atoms with Crippen molar-refractivity contribution in [2.75, 3.05) is 6.61 Å². The first kappa shape index (κ1) is 8.20. The number of carbonyl (C=O) groups is 2. The molecule has 2 atom stereocenters. The maximum Gasteiger partial charge on any atom is 0.309 e. The van der Waals surface area contributed by atoms with Crippen molar-refractivity contribution in [2.24, 2.45) is 5.92 Å². The van der Waals surface area contributed by atoms with Gasteiger partial charge in [-0.2, -0.15) is 0 Å². The summed E-state index contributed by atoms with van der Waals surface area (Å²) >= 11 is 0. The summed E-state index contributed by atoms with van der Waals surface area (Å²) in [5.41, 5.74) is 0. The van der Waals surface area contributed by atoms with Gasteiger partial charge in [0.2, 0.25) is 0 Å². The number of Topliss-reactive ketones (excluding diaryl/α,β-unsaturated/α-hetero) is 1. The number of carboxylic acids is 1. The molecule has 4 heteroatoms. The minimum absolute atomic E-state index is 0.0605. The fourth-order valence-corrected chi connectivity index (χ4v) is 1.10. The number of rotatable bonds is 1. The first-order valence-corrected chi connectivity index (χ1v) is 3.47. The summed E-state index contributed by atoms with van der Waals surface area (Å²) in [6.07, 6.45) is -0.235.